The van der Waals surface area contributed by atoms with Crippen LogP contribution in [0.3, 0.4) is 0 Å². The van der Waals surface area contributed by atoms with E-state index in [0.717, 1.165) is 47.8 Å². The Balaban J connectivity index is 1.33. The SMILES string of the molecule is COc1cccc(OC2C(=O)N(CC3CCCO3)C2c2ccc(OCc3c(C)noc3C)cc2)c1. The van der Waals surface area contributed by atoms with E-state index in [2.05, 4.69) is 5.16 Å². The molecule has 3 aromatic rings. The van der Waals surface area contributed by atoms with Gasteiger partial charge in [0.1, 0.15) is 35.7 Å². The molecular weight excluding hydrogens is 448 g/mol. The summed E-state index contributed by atoms with van der Waals surface area (Å²) in [7, 11) is 1.61. The first-order valence-electron chi connectivity index (χ1n) is 11.9. The van der Waals surface area contributed by atoms with Gasteiger partial charge in [-0.3, -0.25) is 4.79 Å². The zero-order valence-electron chi connectivity index (χ0n) is 20.2. The van der Waals surface area contributed by atoms with E-state index in [1.54, 1.807) is 13.2 Å². The fourth-order valence-corrected chi connectivity index (χ4v) is 4.64. The Hall–Kier alpha value is -3.52. The van der Waals surface area contributed by atoms with Crippen molar-refractivity contribution in [3.05, 3.63) is 71.1 Å². The highest BCUT2D eigenvalue weighted by Crippen LogP contribution is 2.39. The maximum absolute atomic E-state index is 13.1. The monoisotopic (exact) mass is 478 g/mol. The molecule has 1 aromatic heterocycles. The Kier molecular flexibility index (Phi) is 6.63. The van der Waals surface area contributed by atoms with Gasteiger partial charge in [0.25, 0.3) is 5.91 Å². The quantitative estimate of drug-likeness (QED) is 0.422. The van der Waals surface area contributed by atoms with Gasteiger partial charge in [-0.25, -0.2) is 0 Å². The van der Waals surface area contributed by atoms with Crippen LogP contribution in [0, 0.1) is 13.8 Å². The lowest BCUT2D eigenvalue weighted by molar-refractivity contribution is -0.167. The number of carbonyl (C=O) groups excluding carboxylic acids is 1. The molecule has 8 heteroatoms. The Morgan fingerprint density at radius 1 is 1.09 bits per heavy atom. The van der Waals surface area contributed by atoms with Crippen LogP contribution < -0.4 is 14.2 Å². The Labute approximate surface area is 204 Å². The molecule has 2 aromatic carbocycles. The molecule has 2 aliphatic heterocycles. The summed E-state index contributed by atoms with van der Waals surface area (Å²) in [5.74, 6) is 2.74. The van der Waals surface area contributed by atoms with Crippen molar-refractivity contribution in [2.24, 2.45) is 0 Å². The average molecular weight is 479 g/mol. The maximum atomic E-state index is 13.1. The summed E-state index contributed by atoms with van der Waals surface area (Å²) in [6.07, 6.45) is 1.44. The fraction of sp³-hybridized carbons (Fsp3) is 0.407. The number of carbonyl (C=O) groups is 1. The minimum Gasteiger partial charge on any atom is -0.497 e. The van der Waals surface area contributed by atoms with Crippen molar-refractivity contribution < 1.29 is 28.3 Å². The number of nitrogens with zero attached hydrogens (tertiary/aromatic N) is 2. The van der Waals surface area contributed by atoms with Gasteiger partial charge in [-0.05, 0) is 56.5 Å². The van der Waals surface area contributed by atoms with Crippen molar-refractivity contribution in [1.82, 2.24) is 10.1 Å². The number of methoxy groups -OCH3 is 1. The maximum Gasteiger partial charge on any atom is 0.266 e. The third-order valence-electron chi connectivity index (χ3n) is 6.66. The van der Waals surface area contributed by atoms with Gasteiger partial charge in [-0.15, -0.1) is 0 Å². The van der Waals surface area contributed by atoms with Gasteiger partial charge in [-0.1, -0.05) is 23.4 Å². The molecule has 0 saturated carbocycles. The largest absolute Gasteiger partial charge is 0.497 e. The van der Waals surface area contributed by atoms with E-state index in [1.807, 2.05) is 61.2 Å². The molecule has 3 unspecified atom stereocenters. The lowest BCUT2D eigenvalue weighted by Gasteiger charge is -2.47. The van der Waals surface area contributed by atoms with Crippen molar-refractivity contribution >= 4 is 5.91 Å². The number of aryl methyl sites for hydroxylation is 2. The van der Waals surface area contributed by atoms with E-state index >= 15 is 0 Å². The van der Waals surface area contributed by atoms with Crippen LogP contribution in [0.5, 0.6) is 17.2 Å². The van der Waals surface area contributed by atoms with E-state index in [0.29, 0.717) is 24.7 Å². The number of ether oxygens (including phenoxy) is 4. The second-order valence-electron chi connectivity index (χ2n) is 8.95. The van der Waals surface area contributed by atoms with Crippen LogP contribution in [0.25, 0.3) is 0 Å². The highest BCUT2D eigenvalue weighted by Gasteiger charge is 2.51. The number of hydrogen-bond acceptors (Lipinski definition) is 7. The summed E-state index contributed by atoms with van der Waals surface area (Å²) in [5, 5.41) is 3.97. The molecule has 5 rings (SSSR count). The van der Waals surface area contributed by atoms with Crippen LogP contribution in [0.2, 0.25) is 0 Å². The van der Waals surface area contributed by atoms with Gasteiger partial charge in [0.15, 0.2) is 0 Å². The topological polar surface area (TPSA) is 83.3 Å². The number of likely N-dealkylation sites (tertiary alicyclic amines) is 1. The smallest absolute Gasteiger partial charge is 0.266 e. The normalized spacial score (nSPS) is 21.6. The third-order valence-corrected chi connectivity index (χ3v) is 6.66. The van der Waals surface area contributed by atoms with Crippen molar-refractivity contribution in [3.8, 4) is 17.2 Å². The van der Waals surface area contributed by atoms with E-state index in [4.69, 9.17) is 23.5 Å². The fourth-order valence-electron chi connectivity index (χ4n) is 4.64. The second kappa shape index (κ2) is 10.00. The summed E-state index contributed by atoms with van der Waals surface area (Å²) in [4.78, 5) is 15.0. The summed E-state index contributed by atoms with van der Waals surface area (Å²) in [6.45, 7) is 5.47. The van der Waals surface area contributed by atoms with Gasteiger partial charge in [-0.2, -0.15) is 0 Å². The predicted octanol–water partition coefficient (Wildman–Crippen LogP) is 4.39. The zero-order valence-corrected chi connectivity index (χ0v) is 20.2. The number of β-lactam (4-membered cyclic amide) rings is 1. The highest BCUT2D eigenvalue weighted by atomic mass is 16.5. The summed E-state index contributed by atoms with van der Waals surface area (Å²) in [5.41, 5.74) is 2.77. The van der Waals surface area contributed by atoms with E-state index in [9.17, 15) is 4.79 Å². The number of aromatic nitrogens is 1. The van der Waals surface area contributed by atoms with Gasteiger partial charge in [0, 0.05) is 19.2 Å². The van der Waals surface area contributed by atoms with Crippen molar-refractivity contribution in [2.45, 2.75) is 51.5 Å². The Bertz CT molecular complexity index is 1150. The van der Waals surface area contributed by atoms with Crippen molar-refractivity contribution in [3.63, 3.8) is 0 Å². The van der Waals surface area contributed by atoms with E-state index in [1.165, 1.54) is 0 Å². The molecule has 2 saturated heterocycles. The van der Waals surface area contributed by atoms with Gasteiger partial charge in [0.05, 0.1) is 24.5 Å². The molecule has 1 amide bonds. The molecule has 0 bridgehead atoms. The summed E-state index contributed by atoms with van der Waals surface area (Å²) in [6, 6.07) is 14.9. The van der Waals surface area contributed by atoms with Gasteiger partial charge < -0.3 is 28.4 Å². The summed E-state index contributed by atoms with van der Waals surface area (Å²) < 4.78 is 28.4. The number of benzene rings is 2. The first-order chi connectivity index (χ1) is 17.0. The first kappa shape index (κ1) is 23.2. The molecule has 0 spiro atoms. The Morgan fingerprint density at radius 2 is 1.89 bits per heavy atom. The Morgan fingerprint density at radius 3 is 2.57 bits per heavy atom. The zero-order chi connectivity index (χ0) is 24.4. The number of amides is 1. The van der Waals surface area contributed by atoms with Crippen LogP contribution in [-0.2, 0) is 16.1 Å². The van der Waals surface area contributed by atoms with Crippen LogP contribution in [0.15, 0.2) is 53.1 Å². The molecule has 0 radical (unpaired) electrons. The lowest BCUT2D eigenvalue weighted by Crippen LogP contribution is -2.62. The average Bonchev–Trinajstić information content (AvgIpc) is 3.51. The molecule has 3 atom stereocenters. The predicted molar refractivity (Wildman–Crippen MR) is 128 cm³/mol. The van der Waals surface area contributed by atoms with Crippen LogP contribution in [-0.4, -0.2) is 48.4 Å². The summed E-state index contributed by atoms with van der Waals surface area (Å²) >= 11 is 0. The minimum atomic E-state index is -0.613. The molecular formula is C27H30N2O6. The standard InChI is InChI=1S/C27H30N2O6/c1-17-24(18(2)35-28-17)16-33-20-11-9-19(10-12-20)25-26(34-22-7-4-6-21(14-22)31-3)27(30)29(25)15-23-8-5-13-32-23/h4,6-7,9-12,14,23,25-26H,5,8,13,15-16H2,1-3H3. The van der Waals surface area contributed by atoms with Gasteiger partial charge >= 0.3 is 0 Å². The molecule has 35 heavy (non-hydrogen) atoms. The molecule has 0 aliphatic carbocycles. The first-order valence-corrected chi connectivity index (χ1v) is 11.9. The number of hydrogen-bond donors (Lipinski definition) is 0. The molecule has 0 N–H and O–H groups in total. The molecule has 184 valence electrons. The highest BCUT2D eigenvalue weighted by molar-refractivity contribution is 5.89. The van der Waals surface area contributed by atoms with Crippen molar-refractivity contribution in [2.75, 3.05) is 20.3 Å². The van der Waals surface area contributed by atoms with Crippen LogP contribution >= 0.6 is 0 Å². The van der Waals surface area contributed by atoms with Crippen LogP contribution in [0.4, 0.5) is 0 Å². The molecule has 2 aliphatic rings. The minimum absolute atomic E-state index is 0.0351. The van der Waals surface area contributed by atoms with Crippen molar-refractivity contribution in [1.29, 1.82) is 0 Å². The van der Waals surface area contributed by atoms with E-state index in [-0.39, 0.29) is 18.1 Å². The van der Waals surface area contributed by atoms with Gasteiger partial charge in [0.2, 0.25) is 6.10 Å². The molecule has 2 fully saturated rings. The number of rotatable bonds is 9. The lowest BCUT2D eigenvalue weighted by atomic mass is 9.89. The third kappa shape index (κ3) is 4.84. The molecule has 3 heterocycles. The second-order valence-corrected chi connectivity index (χ2v) is 8.95. The molecule has 8 nitrogen and oxygen atoms in total. The van der Waals surface area contributed by atoms with E-state index < -0.39 is 6.10 Å². The van der Waals surface area contributed by atoms with Crippen LogP contribution in [0.1, 0.15) is 41.5 Å².